The van der Waals surface area contributed by atoms with Crippen LogP contribution in [0.15, 0.2) is 34.4 Å². The van der Waals surface area contributed by atoms with Crippen LogP contribution in [-0.2, 0) is 10.9 Å². The van der Waals surface area contributed by atoms with Crippen LogP contribution in [0.2, 0.25) is 5.02 Å². The summed E-state index contributed by atoms with van der Waals surface area (Å²) in [5, 5.41) is 6.52. The molecule has 4 aliphatic heterocycles. The Kier molecular flexibility index (Phi) is 7.25. The van der Waals surface area contributed by atoms with Crippen molar-refractivity contribution in [2.24, 2.45) is 9.98 Å². The molecule has 1 aromatic carbocycles. The zero-order chi connectivity index (χ0) is 32.5. The lowest BCUT2D eigenvalue weighted by atomic mass is 9.89. The predicted molar refractivity (Wildman–Crippen MR) is 163 cm³/mol. The van der Waals surface area contributed by atoms with E-state index in [-0.39, 0.29) is 51.0 Å². The molecule has 0 unspecified atom stereocenters. The lowest BCUT2D eigenvalue weighted by molar-refractivity contribution is -0.137. The van der Waals surface area contributed by atoms with Crippen LogP contribution in [0.25, 0.3) is 17.0 Å². The number of nitrogens with one attached hydrogen (secondary N) is 2. The summed E-state index contributed by atoms with van der Waals surface area (Å²) in [6.07, 6.45) is -3.32. The highest BCUT2D eigenvalue weighted by Gasteiger charge is 2.48. The Morgan fingerprint density at radius 3 is 2.72 bits per heavy atom. The van der Waals surface area contributed by atoms with Crippen molar-refractivity contribution in [1.29, 1.82) is 0 Å². The molecule has 2 fully saturated rings. The lowest BCUT2D eigenvalue weighted by Crippen LogP contribution is -2.74. The number of nitrogen functional groups attached to an aromatic ring is 2. The summed E-state index contributed by atoms with van der Waals surface area (Å²) in [5.41, 5.74) is 10.1. The third-order valence-corrected chi connectivity index (χ3v) is 9.17. The Hall–Kier alpha value is -4.21. The van der Waals surface area contributed by atoms with Gasteiger partial charge >= 0.3 is 6.18 Å². The van der Waals surface area contributed by atoms with Gasteiger partial charge in [-0.1, -0.05) is 24.6 Å². The maximum atomic E-state index is 17.0. The van der Waals surface area contributed by atoms with E-state index in [0.717, 1.165) is 6.07 Å². The van der Waals surface area contributed by atoms with Gasteiger partial charge in [0, 0.05) is 31.7 Å². The number of rotatable bonds is 3. The van der Waals surface area contributed by atoms with Crippen LogP contribution in [0.1, 0.15) is 29.5 Å². The molecule has 0 amide bonds. The molecule has 2 aromatic heterocycles. The Morgan fingerprint density at radius 2 is 2.02 bits per heavy atom. The highest BCUT2D eigenvalue weighted by atomic mass is 35.5. The quantitative estimate of drug-likeness (QED) is 0.311. The second-order valence-corrected chi connectivity index (χ2v) is 12.3. The number of aliphatic imine (C=N–C) groups is 1. The fourth-order valence-electron chi connectivity index (χ4n) is 6.66. The van der Waals surface area contributed by atoms with Crippen molar-refractivity contribution in [3.8, 4) is 17.0 Å². The van der Waals surface area contributed by atoms with E-state index >= 15 is 4.39 Å². The van der Waals surface area contributed by atoms with Gasteiger partial charge in [0.15, 0.2) is 11.6 Å². The van der Waals surface area contributed by atoms with E-state index in [4.69, 9.17) is 37.5 Å². The first-order valence-electron chi connectivity index (χ1n) is 14.6. The first-order valence-corrected chi connectivity index (χ1v) is 15.0. The van der Waals surface area contributed by atoms with Gasteiger partial charge in [-0.25, -0.2) is 19.4 Å². The van der Waals surface area contributed by atoms with Crippen LogP contribution < -0.4 is 37.4 Å². The average molecular weight is 660 g/mol. The monoisotopic (exact) mass is 659 g/mol. The molecule has 1 spiro atoms. The van der Waals surface area contributed by atoms with Crippen molar-refractivity contribution >= 4 is 35.0 Å². The van der Waals surface area contributed by atoms with Gasteiger partial charge in [-0.2, -0.15) is 13.2 Å². The summed E-state index contributed by atoms with van der Waals surface area (Å²) in [6.45, 7) is 5.72. The second-order valence-electron chi connectivity index (χ2n) is 11.9. The standard InChI is InChI=1S/C30H30ClF4N9O2/c1-13-8-16(36)42-23(19(13)30(33,34)35)17-20(31)24-18-25(40-12-39-24)22(14(2)15-4-3-5-38-27(15)37)43-28(46-26(18)21(17)32)44-9-29(10-44)11-45-7-6-41-29/h3-5,8,14,22,40-41H,6-7,9-12H2,1-2H3,(H2,36,42)(H2,37,38)/t14-,22-/m1/s1. The van der Waals surface area contributed by atoms with Gasteiger partial charge in [0.25, 0.3) is 6.02 Å². The number of nitrogens with zero attached hydrogens (tertiary/aromatic N) is 5. The molecule has 46 heavy (non-hydrogen) atoms. The number of alkyl halides is 3. The minimum Gasteiger partial charge on any atom is -0.422 e. The normalized spacial score (nSPS) is 20.8. The van der Waals surface area contributed by atoms with E-state index in [9.17, 15) is 13.2 Å². The fourth-order valence-corrected chi connectivity index (χ4v) is 6.99. The molecular weight excluding hydrogens is 630 g/mol. The average Bonchev–Trinajstić information content (AvgIpc) is 3.16. The number of benzene rings is 1. The number of pyridine rings is 2. The van der Waals surface area contributed by atoms with Gasteiger partial charge in [-0.3, -0.25) is 4.99 Å². The second kappa shape index (κ2) is 11.0. The van der Waals surface area contributed by atoms with Crippen LogP contribution in [0.4, 0.5) is 29.2 Å². The van der Waals surface area contributed by atoms with Crippen molar-refractivity contribution in [2.75, 3.05) is 51.0 Å². The van der Waals surface area contributed by atoms with Gasteiger partial charge in [-0.05, 0) is 30.2 Å². The Labute approximate surface area is 265 Å². The number of amidine groups is 1. The van der Waals surface area contributed by atoms with Crippen LogP contribution in [0.5, 0.6) is 5.75 Å². The Morgan fingerprint density at radius 1 is 1.24 bits per heavy atom. The van der Waals surface area contributed by atoms with Gasteiger partial charge in [0.1, 0.15) is 24.3 Å². The van der Waals surface area contributed by atoms with Crippen LogP contribution in [0.3, 0.4) is 0 Å². The third-order valence-electron chi connectivity index (χ3n) is 8.80. The third kappa shape index (κ3) is 4.88. The van der Waals surface area contributed by atoms with Crippen molar-refractivity contribution in [3.05, 3.63) is 62.5 Å². The zero-order valence-electron chi connectivity index (χ0n) is 24.8. The van der Waals surface area contributed by atoms with Crippen molar-refractivity contribution in [1.82, 2.24) is 25.5 Å². The molecule has 0 saturated carbocycles. The summed E-state index contributed by atoms with van der Waals surface area (Å²) in [6, 6.07) is 4.01. The topological polar surface area (TPSA) is 148 Å². The van der Waals surface area contributed by atoms with Gasteiger partial charge < -0.3 is 36.5 Å². The summed E-state index contributed by atoms with van der Waals surface area (Å²) in [4.78, 5) is 19.5. The van der Waals surface area contributed by atoms with E-state index < -0.39 is 40.8 Å². The number of aryl methyl sites for hydroxylation is 1. The van der Waals surface area contributed by atoms with E-state index in [1.54, 1.807) is 12.3 Å². The van der Waals surface area contributed by atoms with E-state index in [1.165, 1.54) is 6.92 Å². The maximum Gasteiger partial charge on any atom is 0.418 e. The van der Waals surface area contributed by atoms with Crippen molar-refractivity contribution in [3.63, 3.8) is 0 Å². The molecule has 0 bridgehead atoms. The molecule has 2 atom stereocenters. The molecule has 4 aliphatic rings. The number of nitrogens with two attached hydrogens (primary N) is 2. The molecule has 7 rings (SSSR count). The number of likely N-dealkylation sites (tertiary alicyclic amines) is 1. The molecule has 242 valence electrons. The Balaban J connectivity index is 1.47. The lowest BCUT2D eigenvalue weighted by Gasteiger charge is -2.52. The number of anilines is 2. The van der Waals surface area contributed by atoms with E-state index in [2.05, 4.69) is 25.6 Å². The first kappa shape index (κ1) is 30.4. The number of hydrogen-bond donors (Lipinski definition) is 4. The molecule has 0 radical (unpaired) electrons. The van der Waals surface area contributed by atoms with Gasteiger partial charge in [0.2, 0.25) is 0 Å². The minimum atomic E-state index is -4.89. The van der Waals surface area contributed by atoms with Crippen LogP contribution in [-0.4, -0.2) is 72.0 Å². The van der Waals surface area contributed by atoms with E-state index in [0.29, 0.717) is 49.9 Å². The summed E-state index contributed by atoms with van der Waals surface area (Å²) in [5.74, 6) is -1.87. The summed E-state index contributed by atoms with van der Waals surface area (Å²) in [7, 11) is 0. The molecule has 0 aliphatic carbocycles. The highest BCUT2D eigenvalue weighted by molar-refractivity contribution is 6.33. The molecule has 6 N–H and O–H groups in total. The molecule has 11 nitrogen and oxygen atoms in total. The van der Waals surface area contributed by atoms with Crippen molar-refractivity contribution < 1.29 is 27.0 Å². The molecule has 3 aromatic rings. The maximum absolute atomic E-state index is 17.0. The predicted octanol–water partition coefficient (Wildman–Crippen LogP) is 2.31. The smallest absolute Gasteiger partial charge is 0.418 e. The van der Waals surface area contributed by atoms with Crippen LogP contribution in [0, 0.1) is 12.7 Å². The van der Waals surface area contributed by atoms with Gasteiger partial charge in [-0.15, -0.1) is 0 Å². The largest absolute Gasteiger partial charge is 0.422 e. The molecule has 2 saturated heterocycles. The Bertz CT molecular complexity index is 1910. The number of morpholine rings is 1. The van der Waals surface area contributed by atoms with Crippen LogP contribution >= 0.6 is 11.6 Å². The SMILES string of the molecule is Cc1cc(N)nc(-c2c(F)c3c4c(c2Cl)=NCNC=4[C@@H]([C@H](C)c2cccnc2N)N=C(N2CC4(COCCN4)C2)O3)c1C(F)(F)F. The fraction of sp³-hybridized carbons (Fsp3) is 0.400. The molecular formula is C30H30ClF4N9O2. The van der Waals surface area contributed by atoms with Gasteiger partial charge in [0.05, 0.1) is 56.9 Å². The highest BCUT2D eigenvalue weighted by Crippen LogP contribution is 2.43. The zero-order valence-corrected chi connectivity index (χ0v) is 25.6. The minimum absolute atomic E-state index is 0.00718. The number of hydrogen-bond acceptors (Lipinski definition) is 11. The number of ether oxygens (including phenoxy) is 2. The first-order chi connectivity index (χ1) is 21.9. The molecule has 6 heterocycles. The van der Waals surface area contributed by atoms with Crippen molar-refractivity contribution in [2.45, 2.75) is 37.5 Å². The molecule has 16 heteroatoms. The number of aromatic nitrogens is 2. The summed E-state index contributed by atoms with van der Waals surface area (Å²) < 4.78 is 72.2. The van der Waals surface area contributed by atoms with E-state index in [1.807, 2.05) is 17.9 Å². The number of halogens is 5. The summed E-state index contributed by atoms with van der Waals surface area (Å²) >= 11 is 6.79.